The van der Waals surface area contributed by atoms with Crippen LogP contribution in [-0.4, -0.2) is 51.5 Å². The molecule has 0 bridgehead atoms. The monoisotopic (exact) mass is 1410 g/mol. The molecule has 1 radical (unpaired) electrons. The maximum Gasteiger partial charge on any atom is 0.0541 e. The van der Waals surface area contributed by atoms with Crippen molar-refractivity contribution in [3.8, 4) is 17.1 Å². The molecule has 6 nitrogen and oxygen atoms in total. The van der Waals surface area contributed by atoms with E-state index in [9.17, 15) is 0 Å². The smallest absolute Gasteiger partial charge is 0.0541 e. The van der Waals surface area contributed by atoms with Crippen molar-refractivity contribution in [2.24, 2.45) is 17.8 Å². The maximum absolute atomic E-state index is 4.91. The molecule has 6 fully saturated rings. The van der Waals surface area contributed by atoms with E-state index in [1.165, 1.54) is 215 Å². The summed E-state index contributed by atoms with van der Waals surface area (Å²) in [5, 5.41) is 22.7. The molecule has 94 heavy (non-hydrogen) atoms. The van der Waals surface area contributed by atoms with Crippen LogP contribution < -0.4 is 0 Å². The average Bonchev–Trinajstić information content (AvgIpc) is 1.64. The molecular formula is C87H90IrN6-6. The number of aromatic nitrogens is 3. The van der Waals surface area contributed by atoms with Gasteiger partial charge in [-0.25, -0.2) is 0 Å². The van der Waals surface area contributed by atoms with Gasteiger partial charge in [0.15, 0.2) is 0 Å². The van der Waals surface area contributed by atoms with E-state index in [0.29, 0.717) is 53.6 Å². The van der Waals surface area contributed by atoms with E-state index < -0.39 is 0 Å². The largest absolute Gasteiger partial charge is 0.661 e. The molecule has 3 aromatic heterocycles. The van der Waals surface area contributed by atoms with E-state index in [1.807, 2.05) is 0 Å². The molecule has 18 rings (SSSR count). The molecule has 0 spiro atoms. The van der Waals surface area contributed by atoms with E-state index in [-0.39, 0.29) is 20.1 Å². The van der Waals surface area contributed by atoms with Crippen LogP contribution in [0.4, 0.5) is 0 Å². The van der Waals surface area contributed by atoms with Gasteiger partial charge in [0, 0.05) is 69.5 Å². The molecular weight excluding hydrogens is 1320 g/mol. The Morgan fingerprint density at radius 3 is 0.691 bits per heavy atom. The van der Waals surface area contributed by atoms with Gasteiger partial charge >= 0.3 is 0 Å². The van der Waals surface area contributed by atoms with E-state index >= 15 is 0 Å². The van der Waals surface area contributed by atoms with Crippen LogP contribution in [0.2, 0.25) is 0 Å². The third kappa shape index (κ3) is 12.9. The van der Waals surface area contributed by atoms with Gasteiger partial charge in [-0.2, -0.15) is 55.1 Å². The zero-order chi connectivity index (χ0) is 61.9. The fourth-order valence-electron chi connectivity index (χ4n) is 17.6. The number of piperidine rings is 3. The van der Waals surface area contributed by atoms with Crippen molar-refractivity contribution in [1.29, 1.82) is 0 Å². The molecule has 6 heterocycles. The number of para-hydroxylation sites is 6. The maximum atomic E-state index is 4.91. The Balaban J connectivity index is 0.000000116. The normalized spacial score (nSPS) is 24.3. The van der Waals surface area contributed by atoms with Gasteiger partial charge in [0.05, 0.1) is 33.1 Å². The van der Waals surface area contributed by atoms with Gasteiger partial charge < -0.3 is 48.9 Å². The van der Waals surface area contributed by atoms with Crippen LogP contribution in [0.25, 0.3) is 98.4 Å². The van der Waals surface area contributed by atoms with Gasteiger partial charge in [-0.1, -0.05) is 242 Å². The molecule has 9 aromatic carbocycles. The van der Waals surface area contributed by atoms with Crippen LogP contribution in [0.15, 0.2) is 218 Å². The first-order valence-electron chi connectivity index (χ1n) is 35.9. The Labute approximate surface area is 571 Å². The minimum Gasteiger partial charge on any atom is -0.661 e. The number of hydrogen-bond donors (Lipinski definition) is 0. The standard InChI is InChI=1S/3C29H30N2.Ir/c3*1-3-10-28-25(7-1)26-8-2-4-11-29(26)31(28)24-18-16-22(17-19-24)21-12-14-23(15-13-21)27-9-5-6-20-30-27;/h3*1-4,7-8,10-11,14,16-19,21,23,27H,5-6,9,12-13,15,20H2;/q3*-2;. The van der Waals surface area contributed by atoms with Gasteiger partial charge in [-0.15, -0.1) is 19.6 Å². The minimum atomic E-state index is 0. The number of fused-ring (bicyclic) bond motifs is 9. The van der Waals surface area contributed by atoms with E-state index in [4.69, 9.17) is 16.0 Å². The summed E-state index contributed by atoms with van der Waals surface area (Å²) in [5.41, 5.74) is 15.9. The van der Waals surface area contributed by atoms with Gasteiger partial charge in [0.1, 0.15) is 0 Å². The van der Waals surface area contributed by atoms with Crippen molar-refractivity contribution >= 4 is 65.4 Å². The topological polar surface area (TPSA) is 57.1 Å². The zero-order valence-corrected chi connectivity index (χ0v) is 57.0. The van der Waals surface area contributed by atoms with E-state index in [0.717, 1.165) is 19.6 Å². The Hall–Kier alpha value is -7.09. The van der Waals surface area contributed by atoms with Crippen molar-refractivity contribution in [1.82, 2.24) is 13.7 Å². The van der Waals surface area contributed by atoms with Crippen molar-refractivity contribution in [2.45, 2.75) is 151 Å². The van der Waals surface area contributed by atoms with Gasteiger partial charge in [-0.05, 0) is 107 Å². The molecule has 3 saturated heterocycles. The Bertz CT molecular complexity index is 3820. The molecule has 9 atom stereocenters. The predicted molar refractivity (Wildman–Crippen MR) is 393 cm³/mol. The van der Waals surface area contributed by atoms with E-state index in [2.05, 4.69) is 251 Å². The van der Waals surface area contributed by atoms with Gasteiger partial charge in [-0.3, -0.25) is 0 Å². The zero-order valence-electron chi connectivity index (χ0n) is 54.6. The Kier molecular flexibility index (Phi) is 19.5. The first-order chi connectivity index (χ1) is 46.1. The second-order valence-corrected chi connectivity index (χ2v) is 28.0. The molecule has 3 aliphatic carbocycles. The Morgan fingerprint density at radius 1 is 0.255 bits per heavy atom. The second-order valence-electron chi connectivity index (χ2n) is 28.0. The quantitative estimate of drug-likeness (QED) is 0.129. The van der Waals surface area contributed by atoms with Crippen molar-refractivity contribution in [2.75, 3.05) is 19.6 Å². The molecule has 0 amide bonds. The molecule has 12 aromatic rings. The summed E-state index contributed by atoms with van der Waals surface area (Å²) in [5.74, 6) is 4.13. The van der Waals surface area contributed by atoms with Crippen LogP contribution in [-0.2, 0) is 20.1 Å². The van der Waals surface area contributed by atoms with Crippen LogP contribution in [0, 0.1) is 37.0 Å². The third-order valence-corrected chi connectivity index (χ3v) is 22.6. The summed E-state index contributed by atoms with van der Waals surface area (Å²) in [7, 11) is 0. The molecule has 9 unspecified atom stereocenters. The third-order valence-electron chi connectivity index (χ3n) is 22.6. The van der Waals surface area contributed by atoms with Gasteiger partial charge in [0.2, 0.25) is 0 Å². The van der Waals surface area contributed by atoms with Crippen LogP contribution in [0.3, 0.4) is 0 Å². The molecule has 483 valence electrons. The van der Waals surface area contributed by atoms with Crippen LogP contribution in [0.5, 0.6) is 0 Å². The van der Waals surface area contributed by atoms with Crippen molar-refractivity contribution in [3.63, 3.8) is 0 Å². The fraction of sp³-hybridized carbons (Fsp3) is 0.345. The fourth-order valence-corrected chi connectivity index (χ4v) is 17.6. The second kappa shape index (κ2) is 29.1. The number of nitrogens with zero attached hydrogens (tertiary/aromatic N) is 6. The molecule has 3 aliphatic heterocycles. The molecule has 3 saturated carbocycles. The average molecular weight is 1410 g/mol. The summed E-state index contributed by atoms with van der Waals surface area (Å²) in [6.07, 6.45) is 31.1. The van der Waals surface area contributed by atoms with Crippen molar-refractivity contribution < 1.29 is 20.1 Å². The Morgan fingerprint density at radius 2 is 0.489 bits per heavy atom. The first-order valence-corrected chi connectivity index (χ1v) is 35.9. The van der Waals surface area contributed by atoms with Crippen LogP contribution >= 0.6 is 0 Å². The number of rotatable bonds is 9. The summed E-state index contributed by atoms with van der Waals surface area (Å²) < 4.78 is 7.21. The SMILES string of the molecule is [Ir].c1ccc2c(c1)c1ccccc1n2-c1ccc(C2C[CH-]C(C3CCCC[N-]3)CC2)cc1.c1ccc2c(c1)c1ccccc1n2-c1ccc(C2C[CH-]C(C3CCCC[N-]3)CC2)cc1.c1ccc2c(c1)c1ccccc1n2-c1ccc(C2C[CH-]C(C3CCCC[N-]3)CC2)cc1. The predicted octanol–water partition coefficient (Wildman–Crippen LogP) is 23.4. The van der Waals surface area contributed by atoms with Gasteiger partial charge in [0.25, 0.3) is 0 Å². The van der Waals surface area contributed by atoms with Crippen LogP contribution in [0.1, 0.15) is 150 Å². The molecule has 7 heteroatoms. The first kappa shape index (κ1) is 63.0. The van der Waals surface area contributed by atoms with Crippen molar-refractivity contribution in [3.05, 3.63) is 270 Å². The molecule has 6 aliphatic rings. The molecule has 0 N–H and O–H groups in total. The summed E-state index contributed by atoms with van der Waals surface area (Å²) in [4.78, 5) is 0. The summed E-state index contributed by atoms with van der Waals surface area (Å²) in [6.45, 7) is 3.26. The number of benzene rings is 9. The van der Waals surface area contributed by atoms with E-state index in [1.54, 1.807) is 0 Å². The number of hydrogen-bond acceptors (Lipinski definition) is 0. The summed E-state index contributed by atoms with van der Waals surface area (Å²) >= 11 is 0. The minimum absolute atomic E-state index is 0. The summed E-state index contributed by atoms with van der Waals surface area (Å²) in [6, 6.07) is 82.3.